The van der Waals surface area contributed by atoms with E-state index in [9.17, 15) is 1.37 Å². The highest BCUT2D eigenvalue weighted by atomic mass is 16.7. The number of rotatable bonds is 7. The van der Waals surface area contributed by atoms with Crippen LogP contribution in [-0.2, 0) is 11.2 Å². The Morgan fingerprint density at radius 3 is 2.45 bits per heavy atom. The van der Waals surface area contributed by atoms with Gasteiger partial charge < -0.3 is 19.1 Å². The molecule has 0 radical (unpaired) electrons. The minimum Gasteiger partial charge on any atom is -0.454 e. The summed E-state index contributed by atoms with van der Waals surface area (Å²) >= 11 is 0. The van der Waals surface area contributed by atoms with E-state index in [1.165, 1.54) is 0 Å². The van der Waals surface area contributed by atoms with Crippen LogP contribution in [0, 0.1) is 0 Å². The van der Waals surface area contributed by atoms with Crippen molar-refractivity contribution in [2.24, 2.45) is 0 Å². The molecule has 4 heteroatoms. The van der Waals surface area contributed by atoms with E-state index in [0.717, 1.165) is 12.1 Å². The van der Waals surface area contributed by atoms with E-state index < -0.39 is 83.7 Å². The van der Waals surface area contributed by atoms with Gasteiger partial charge in [0.2, 0.25) is 6.79 Å². The quantitative estimate of drug-likeness (QED) is 0.518. The Bertz CT molecular complexity index is 1420. The van der Waals surface area contributed by atoms with Gasteiger partial charge in [-0.15, -0.1) is 0 Å². The van der Waals surface area contributed by atoms with Crippen molar-refractivity contribution in [1.82, 2.24) is 4.90 Å². The molecule has 2 aliphatic heterocycles. The summed E-state index contributed by atoms with van der Waals surface area (Å²) in [6.07, 6.45) is -1.60. The zero-order chi connectivity index (χ0) is 30.5. The summed E-state index contributed by atoms with van der Waals surface area (Å²) in [5.41, 5.74) is -0.176. The predicted octanol–water partition coefficient (Wildman–Crippen LogP) is 5.23. The second kappa shape index (κ2) is 9.54. The fraction of sp³-hybridized carbons (Fsp3) is 0.333. The zero-order valence-corrected chi connectivity index (χ0v) is 16.9. The first kappa shape index (κ1) is 11.2. The molecule has 0 aromatic heterocycles. The summed E-state index contributed by atoms with van der Waals surface area (Å²) in [4.78, 5) is 2.11. The molecule has 0 unspecified atom stereocenters. The van der Waals surface area contributed by atoms with Gasteiger partial charge in [-0.25, -0.2) is 0 Å². The number of piperidine rings is 1. The highest BCUT2D eigenvalue weighted by Crippen LogP contribution is 2.33. The van der Waals surface area contributed by atoms with Gasteiger partial charge in [0.15, 0.2) is 11.5 Å². The maximum Gasteiger partial charge on any atom is 0.231 e. The Kier molecular flexibility index (Phi) is 3.44. The number of nitrogens with zero attached hydrogens (tertiary/aromatic N) is 1. The van der Waals surface area contributed by atoms with Crippen molar-refractivity contribution in [2.45, 2.75) is 31.4 Å². The van der Waals surface area contributed by atoms with Crippen molar-refractivity contribution >= 4 is 0 Å². The van der Waals surface area contributed by atoms with Crippen LogP contribution in [0.2, 0.25) is 0 Å². The molecule has 31 heavy (non-hydrogen) atoms. The van der Waals surface area contributed by atoms with Gasteiger partial charge >= 0.3 is 0 Å². The fourth-order valence-corrected chi connectivity index (χ4v) is 3.83. The maximum atomic E-state index is 9.50. The fourth-order valence-electron chi connectivity index (χ4n) is 3.83. The van der Waals surface area contributed by atoms with Gasteiger partial charge in [0.05, 0.1) is 21.2 Å². The molecular formula is C27H29NO3. The molecule has 0 spiro atoms. The monoisotopic (exact) mass is 426 g/mol. The third-order valence-corrected chi connectivity index (χ3v) is 5.35. The first-order valence-corrected chi connectivity index (χ1v) is 10.3. The van der Waals surface area contributed by atoms with E-state index in [1.54, 1.807) is 0 Å². The third kappa shape index (κ3) is 4.92. The van der Waals surface area contributed by atoms with Crippen LogP contribution in [0.5, 0.6) is 11.5 Å². The Labute approximate surface area is 199 Å². The average molecular weight is 427 g/mol. The largest absolute Gasteiger partial charge is 0.454 e. The van der Waals surface area contributed by atoms with E-state index in [0.29, 0.717) is 43.9 Å². The normalized spacial score (nSPS) is 23.7. The summed E-state index contributed by atoms with van der Waals surface area (Å²) in [5, 5.41) is 0. The molecule has 1 saturated heterocycles. The van der Waals surface area contributed by atoms with E-state index in [4.69, 9.17) is 27.9 Å². The SMILES string of the molecule is [2H]c1c([2H])c([2H])c(C([2H])(O[C@@H]2CCCN(CCc3ccc4c(c3)OCO4)C2)c2c([2H])c([2H])c([2H])c([2H])c2[2H])c([2H])c1[2H]. The maximum absolute atomic E-state index is 9.50. The Balaban J connectivity index is 1.51. The predicted molar refractivity (Wildman–Crippen MR) is 122 cm³/mol. The van der Waals surface area contributed by atoms with Gasteiger partial charge in [-0.1, -0.05) is 66.5 Å². The second-order valence-corrected chi connectivity index (χ2v) is 7.45. The lowest BCUT2D eigenvalue weighted by Crippen LogP contribution is -2.41. The van der Waals surface area contributed by atoms with Gasteiger partial charge in [-0.3, -0.25) is 0 Å². The smallest absolute Gasteiger partial charge is 0.231 e. The van der Waals surface area contributed by atoms with Crippen LogP contribution in [0.1, 0.15) is 50.7 Å². The van der Waals surface area contributed by atoms with Crippen LogP contribution < -0.4 is 9.47 Å². The summed E-state index contributed by atoms with van der Waals surface area (Å²) in [5.74, 6) is 1.38. The molecule has 0 amide bonds. The van der Waals surface area contributed by atoms with Crippen LogP contribution >= 0.6 is 0 Å². The zero-order valence-electron chi connectivity index (χ0n) is 27.9. The van der Waals surface area contributed by atoms with E-state index in [1.807, 2.05) is 18.2 Å². The number of fused-ring (bicyclic) bond motifs is 1. The molecule has 160 valence electrons. The molecule has 1 atom stereocenters. The first-order valence-electron chi connectivity index (χ1n) is 15.8. The van der Waals surface area contributed by atoms with Crippen LogP contribution in [0.15, 0.2) is 78.6 Å². The molecule has 3 aromatic rings. The van der Waals surface area contributed by atoms with Gasteiger partial charge in [0.1, 0.15) is 6.08 Å². The van der Waals surface area contributed by atoms with Crippen molar-refractivity contribution < 1.29 is 29.3 Å². The van der Waals surface area contributed by atoms with Crippen molar-refractivity contribution in [3.8, 4) is 11.5 Å². The molecule has 0 saturated carbocycles. The standard InChI is InChI=1S/C27H29NO3/c1-3-8-22(9-4-1)27(23-10-5-2-6-11-23)31-24-12-7-16-28(19-24)17-15-21-13-14-25-26(18-21)30-20-29-25/h1-6,8-11,13-14,18,24,27H,7,12,15-17,19-20H2/t24-/m1/s1/i1D,2D,3D,4D,5D,6D,8D,9D,10D,11D,27D. The molecule has 5 rings (SSSR count). The van der Waals surface area contributed by atoms with E-state index >= 15 is 0 Å². The lowest BCUT2D eigenvalue weighted by atomic mass is 10.00. The molecule has 0 N–H and O–H groups in total. The van der Waals surface area contributed by atoms with Crippen LogP contribution in [-0.4, -0.2) is 37.4 Å². The third-order valence-electron chi connectivity index (χ3n) is 5.35. The minimum absolute atomic E-state index is 0.181. The van der Waals surface area contributed by atoms with Crippen molar-refractivity contribution in [3.63, 3.8) is 0 Å². The van der Waals surface area contributed by atoms with Crippen LogP contribution in [0.4, 0.5) is 0 Å². The first-order chi connectivity index (χ1) is 19.8. The Morgan fingerprint density at radius 1 is 1.00 bits per heavy atom. The number of benzene rings is 3. The minimum atomic E-state index is -2.70. The highest BCUT2D eigenvalue weighted by molar-refractivity contribution is 5.44. The molecular weight excluding hydrogens is 386 g/mol. The topological polar surface area (TPSA) is 30.9 Å². The molecule has 0 bridgehead atoms. The van der Waals surface area contributed by atoms with E-state index in [2.05, 4.69) is 4.90 Å². The Hall–Kier alpha value is -2.82. The second-order valence-electron chi connectivity index (χ2n) is 7.45. The molecule has 2 heterocycles. The van der Waals surface area contributed by atoms with Crippen molar-refractivity contribution in [1.29, 1.82) is 0 Å². The lowest BCUT2D eigenvalue weighted by Gasteiger charge is -2.35. The van der Waals surface area contributed by atoms with E-state index in [-0.39, 0.29) is 6.79 Å². The molecule has 1 fully saturated rings. The number of likely N-dealkylation sites (tertiary alicyclic amines) is 1. The molecule has 3 aromatic carbocycles. The van der Waals surface area contributed by atoms with Crippen LogP contribution in [0.3, 0.4) is 0 Å². The van der Waals surface area contributed by atoms with Crippen molar-refractivity contribution in [2.75, 3.05) is 26.4 Å². The summed E-state index contributed by atoms with van der Waals surface area (Å²) in [6, 6.07) is -1.43. The lowest BCUT2D eigenvalue weighted by molar-refractivity contribution is -0.0330. The Morgan fingerprint density at radius 2 is 1.71 bits per heavy atom. The highest BCUT2D eigenvalue weighted by Gasteiger charge is 2.25. The van der Waals surface area contributed by atoms with Crippen LogP contribution in [0.25, 0.3) is 0 Å². The summed E-state index contributed by atoms with van der Waals surface area (Å²) in [6.45, 7) is 1.87. The summed E-state index contributed by atoms with van der Waals surface area (Å²) < 4.78 is 109. The van der Waals surface area contributed by atoms with Crippen molar-refractivity contribution in [3.05, 3.63) is 95.3 Å². The van der Waals surface area contributed by atoms with Gasteiger partial charge in [0.25, 0.3) is 0 Å². The average Bonchev–Trinajstić information content (AvgIpc) is 3.44. The molecule has 4 nitrogen and oxygen atoms in total. The summed E-state index contributed by atoms with van der Waals surface area (Å²) in [7, 11) is 0. The van der Waals surface area contributed by atoms with Gasteiger partial charge in [-0.05, 0) is 54.6 Å². The number of hydrogen-bond acceptors (Lipinski definition) is 4. The number of hydrogen-bond donors (Lipinski definition) is 0. The molecule has 0 aliphatic carbocycles. The van der Waals surface area contributed by atoms with Gasteiger partial charge in [-0.2, -0.15) is 0 Å². The van der Waals surface area contributed by atoms with Gasteiger partial charge in [0, 0.05) is 13.1 Å². The number of ether oxygens (including phenoxy) is 3. The molecule has 2 aliphatic rings.